The van der Waals surface area contributed by atoms with Crippen LogP contribution >= 0.6 is 0 Å². The van der Waals surface area contributed by atoms with E-state index in [1.54, 1.807) is 19.1 Å². The van der Waals surface area contributed by atoms with Crippen LogP contribution in [0.15, 0.2) is 42.6 Å². The Morgan fingerprint density at radius 2 is 1.83 bits per heavy atom. The van der Waals surface area contributed by atoms with Crippen LogP contribution in [0.3, 0.4) is 0 Å². The number of H-pyrrole nitrogens is 1. The van der Waals surface area contributed by atoms with Crippen LogP contribution in [0.4, 0.5) is 4.79 Å². The number of aromatic nitrogens is 1. The number of fused-ring (bicyclic) bond motifs is 2. The number of imide groups is 1. The van der Waals surface area contributed by atoms with E-state index in [4.69, 9.17) is 9.47 Å². The number of nitrogens with zero attached hydrogens (tertiary/aromatic N) is 2. The summed E-state index contributed by atoms with van der Waals surface area (Å²) in [6, 6.07) is 10.8. The Balaban J connectivity index is 1.16. The molecule has 1 atom stereocenters. The number of rotatable bonds is 8. The topological polar surface area (TPSA) is 104 Å². The molecular weight excluding hydrogens is 460 g/mol. The van der Waals surface area contributed by atoms with E-state index in [9.17, 15) is 14.4 Å². The van der Waals surface area contributed by atoms with Gasteiger partial charge in [-0.2, -0.15) is 0 Å². The van der Waals surface area contributed by atoms with E-state index in [1.165, 1.54) is 4.90 Å². The summed E-state index contributed by atoms with van der Waals surface area (Å²) in [5, 5.41) is 3.84. The van der Waals surface area contributed by atoms with Crippen molar-refractivity contribution >= 4 is 28.7 Å². The predicted octanol–water partition coefficient (Wildman–Crippen LogP) is 3.01. The fourth-order valence-corrected chi connectivity index (χ4v) is 5.08. The number of aromatic amines is 1. The summed E-state index contributed by atoms with van der Waals surface area (Å²) < 4.78 is 10.8. The second kappa shape index (κ2) is 9.93. The molecule has 3 aromatic rings. The maximum Gasteiger partial charge on any atom is 0.324 e. The van der Waals surface area contributed by atoms with Gasteiger partial charge >= 0.3 is 6.03 Å². The van der Waals surface area contributed by atoms with Gasteiger partial charge in [-0.1, -0.05) is 18.2 Å². The van der Waals surface area contributed by atoms with Crippen LogP contribution in [0.5, 0.6) is 11.5 Å². The van der Waals surface area contributed by atoms with Crippen molar-refractivity contribution in [2.24, 2.45) is 0 Å². The zero-order chi connectivity index (χ0) is 25.2. The lowest BCUT2D eigenvalue weighted by Gasteiger charge is -2.30. The minimum absolute atomic E-state index is 0.0327. The van der Waals surface area contributed by atoms with Gasteiger partial charge in [0.05, 0.1) is 14.2 Å². The van der Waals surface area contributed by atoms with Gasteiger partial charge in [-0.3, -0.25) is 14.5 Å². The molecule has 0 bridgehead atoms. The Labute approximate surface area is 209 Å². The quantitative estimate of drug-likeness (QED) is 0.473. The third kappa shape index (κ3) is 4.48. The number of benzene rings is 2. The molecule has 1 fully saturated rings. The van der Waals surface area contributed by atoms with Crippen LogP contribution in [-0.4, -0.2) is 66.0 Å². The predicted molar refractivity (Wildman–Crippen MR) is 134 cm³/mol. The molecule has 36 heavy (non-hydrogen) atoms. The zero-order valence-corrected chi connectivity index (χ0v) is 20.5. The fraction of sp³-hybridized carbons (Fsp3) is 0.370. The smallest absolute Gasteiger partial charge is 0.324 e. The van der Waals surface area contributed by atoms with Crippen molar-refractivity contribution in [3.05, 3.63) is 59.3 Å². The van der Waals surface area contributed by atoms with Crippen molar-refractivity contribution in [2.45, 2.75) is 38.3 Å². The third-order valence-corrected chi connectivity index (χ3v) is 7.10. The van der Waals surface area contributed by atoms with Crippen molar-refractivity contribution in [3.63, 3.8) is 0 Å². The largest absolute Gasteiger partial charge is 0.493 e. The van der Waals surface area contributed by atoms with Gasteiger partial charge in [0.15, 0.2) is 11.5 Å². The highest BCUT2D eigenvalue weighted by atomic mass is 16.5. The Kier molecular flexibility index (Phi) is 6.54. The van der Waals surface area contributed by atoms with Crippen LogP contribution in [0, 0.1) is 0 Å². The van der Waals surface area contributed by atoms with Crippen LogP contribution in [0.2, 0.25) is 0 Å². The number of amides is 4. The van der Waals surface area contributed by atoms with E-state index in [0.717, 1.165) is 34.0 Å². The summed E-state index contributed by atoms with van der Waals surface area (Å²) in [5.74, 6) is 1.02. The van der Waals surface area contributed by atoms with Gasteiger partial charge in [-0.05, 0) is 54.2 Å². The number of ether oxygens (including phenoxy) is 2. The maximum atomic E-state index is 12.9. The highest BCUT2D eigenvalue weighted by Crippen LogP contribution is 2.33. The first-order valence-corrected chi connectivity index (χ1v) is 12.2. The SMILES string of the molecule is COc1cc2c(cc1OC)CN(C(=O)CCC1NC(=O)N(CCc3c[nH]c4ccccc34)C1=O)CC2. The first kappa shape index (κ1) is 23.7. The lowest BCUT2D eigenvalue weighted by molar-refractivity contribution is -0.132. The fourth-order valence-electron chi connectivity index (χ4n) is 5.08. The van der Waals surface area contributed by atoms with Crippen LogP contribution in [0.25, 0.3) is 10.9 Å². The van der Waals surface area contributed by atoms with Gasteiger partial charge < -0.3 is 24.7 Å². The molecule has 5 rings (SSSR count). The number of hydrogen-bond donors (Lipinski definition) is 2. The molecule has 2 aliphatic heterocycles. The first-order valence-electron chi connectivity index (χ1n) is 12.2. The number of methoxy groups -OCH3 is 2. The van der Waals surface area contributed by atoms with E-state index in [2.05, 4.69) is 10.3 Å². The van der Waals surface area contributed by atoms with E-state index >= 15 is 0 Å². The van der Waals surface area contributed by atoms with E-state index in [-0.39, 0.29) is 24.7 Å². The van der Waals surface area contributed by atoms with Crippen molar-refractivity contribution in [1.82, 2.24) is 20.1 Å². The zero-order valence-electron chi connectivity index (χ0n) is 20.5. The Bertz CT molecular complexity index is 1320. The Morgan fingerprint density at radius 1 is 1.08 bits per heavy atom. The molecule has 0 saturated carbocycles. The van der Waals surface area contributed by atoms with Gasteiger partial charge in [0, 0.05) is 43.2 Å². The highest BCUT2D eigenvalue weighted by Gasteiger charge is 2.38. The molecule has 9 heteroatoms. The average Bonchev–Trinajstić information content (AvgIpc) is 3.44. The summed E-state index contributed by atoms with van der Waals surface area (Å²) in [6.07, 6.45) is 3.68. The summed E-state index contributed by atoms with van der Waals surface area (Å²) in [7, 11) is 3.20. The number of urea groups is 1. The van der Waals surface area contributed by atoms with Crippen molar-refractivity contribution in [2.75, 3.05) is 27.3 Å². The van der Waals surface area contributed by atoms with Gasteiger partial charge in [0.25, 0.3) is 5.91 Å². The van der Waals surface area contributed by atoms with Crippen molar-refractivity contribution in [1.29, 1.82) is 0 Å². The Hall–Kier alpha value is -4.01. The number of para-hydroxylation sites is 1. The van der Waals surface area contributed by atoms with Crippen molar-refractivity contribution < 1.29 is 23.9 Å². The minimum Gasteiger partial charge on any atom is -0.493 e. The van der Waals surface area contributed by atoms with Crippen molar-refractivity contribution in [3.8, 4) is 11.5 Å². The average molecular weight is 491 g/mol. The molecule has 0 radical (unpaired) electrons. The first-order chi connectivity index (χ1) is 17.5. The lowest BCUT2D eigenvalue weighted by Crippen LogP contribution is -2.37. The molecule has 9 nitrogen and oxygen atoms in total. The third-order valence-electron chi connectivity index (χ3n) is 7.10. The van der Waals surface area contributed by atoms with Gasteiger partial charge in [-0.25, -0.2) is 4.79 Å². The number of hydrogen-bond acceptors (Lipinski definition) is 5. The minimum atomic E-state index is -0.675. The van der Waals surface area contributed by atoms with Gasteiger partial charge in [0.1, 0.15) is 6.04 Å². The molecular formula is C27H30N4O5. The molecule has 4 amide bonds. The molecule has 0 spiro atoms. The van der Waals surface area contributed by atoms with Crippen LogP contribution < -0.4 is 14.8 Å². The van der Waals surface area contributed by atoms with E-state index in [0.29, 0.717) is 37.6 Å². The Morgan fingerprint density at radius 3 is 2.61 bits per heavy atom. The van der Waals surface area contributed by atoms with E-state index < -0.39 is 12.1 Å². The highest BCUT2D eigenvalue weighted by molar-refractivity contribution is 6.04. The molecule has 1 saturated heterocycles. The normalized spacial score (nSPS) is 17.3. The molecule has 1 aromatic heterocycles. The summed E-state index contributed by atoms with van der Waals surface area (Å²) >= 11 is 0. The molecule has 2 aromatic carbocycles. The lowest BCUT2D eigenvalue weighted by atomic mass is 9.98. The molecule has 2 N–H and O–H groups in total. The number of carbonyl (C=O) groups excluding carboxylic acids is 3. The molecule has 188 valence electrons. The standard InChI is InChI=1S/C27H30N4O5/c1-35-23-13-17-9-11-30(16-19(17)14-24(23)36-2)25(32)8-7-22-26(33)31(27(34)29-22)12-10-18-15-28-21-6-4-3-5-20(18)21/h3-6,13-15,22,28H,7-12,16H2,1-2H3,(H,29,34). The molecule has 1 unspecified atom stereocenters. The second-order valence-electron chi connectivity index (χ2n) is 9.18. The van der Waals surface area contributed by atoms with Crippen LogP contribution in [-0.2, 0) is 29.0 Å². The molecule has 0 aliphatic carbocycles. The number of carbonyl (C=O) groups is 3. The summed E-state index contributed by atoms with van der Waals surface area (Å²) in [5.41, 5.74) is 4.25. The van der Waals surface area contributed by atoms with Gasteiger partial charge in [0.2, 0.25) is 5.91 Å². The summed E-state index contributed by atoms with van der Waals surface area (Å²) in [4.78, 5) is 44.6. The second-order valence-corrected chi connectivity index (χ2v) is 9.18. The maximum absolute atomic E-state index is 12.9. The van der Waals surface area contributed by atoms with Gasteiger partial charge in [-0.15, -0.1) is 0 Å². The van der Waals surface area contributed by atoms with E-state index in [1.807, 2.05) is 42.6 Å². The number of nitrogens with one attached hydrogen (secondary N) is 2. The summed E-state index contributed by atoms with van der Waals surface area (Å²) in [6.45, 7) is 1.38. The monoisotopic (exact) mass is 490 g/mol. The molecule has 3 heterocycles. The molecule has 2 aliphatic rings. The van der Waals surface area contributed by atoms with Crippen LogP contribution in [0.1, 0.15) is 29.5 Å².